The fraction of sp³-hybridized carbons (Fsp3) is 0.111. The molecule has 1 fully saturated rings. The molecule has 0 aliphatic carbocycles. The van der Waals surface area contributed by atoms with E-state index in [0.717, 1.165) is 11.8 Å². The summed E-state index contributed by atoms with van der Waals surface area (Å²) < 4.78 is 5.54. The zero-order valence-corrected chi connectivity index (χ0v) is 15.5. The van der Waals surface area contributed by atoms with Crippen LogP contribution in [-0.4, -0.2) is 33.5 Å². The van der Waals surface area contributed by atoms with Gasteiger partial charge < -0.3 is 19.6 Å². The van der Waals surface area contributed by atoms with Gasteiger partial charge in [-0.15, -0.1) is 0 Å². The number of para-hydroxylation sites is 1. The quantitative estimate of drug-likeness (QED) is 0.582. The summed E-state index contributed by atoms with van der Waals surface area (Å²) in [6, 6.07) is 9.37. The number of thioether (sulfide) groups is 1. The Morgan fingerprint density at radius 1 is 1.26 bits per heavy atom. The predicted octanol–water partition coefficient (Wildman–Crippen LogP) is 1.87. The molecule has 7 nitrogen and oxygen atoms in total. The number of benzene rings is 1. The van der Waals surface area contributed by atoms with Gasteiger partial charge in [0.25, 0.3) is 5.91 Å². The van der Waals surface area contributed by atoms with Gasteiger partial charge in [-0.25, -0.2) is 0 Å². The molecule has 2 aromatic rings. The maximum Gasteiger partial charge on any atom is 0.266 e. The van der Waals surface area contributed by atoms with E-state index in [2.05, 4.69) is 5.32 Å². The summed E-state index contributed by atoms with van der Waals surface area (Å²) in [4.78, 5) is 37.4. The number of hydrogen-bond donors (Lipinski definition) is 1. The van der Waals surface area contributed by atoms with Crippen LogP contribution in [0.4, 0.5) is 5.69 Å². The number of amides is 2. The topological polar surface area (TPSA) is 103 Å². The Morgan fingerprint density at radius 3 is 2.74 bits per heavy atom. The number of aromatic carboxylic acids is 1. The van der Waals surface area contributed by atoms with Crippen molar-refractivity contribution in [3.05, 3.63) is 58.9 Å². The van der Waals surface area contributed by atoms with Crippen LogP contribution in [0, 0.1) is 0 Å². The highest BCUT2D eigenvalue weighted by molar-refractivity contribution is 8.26. The van der Waals surface area contributed by atoms with E-state index in [1.54, 1.807) is 24.3 Å². The third kappa shape index (κ3) is 4.44. The maximum absolute atomic E-state index is 12.4. The Bertz CT molecular complexity index is 937. The van der Waals surface area contributed by atoms with Crippen LogP contribution in [0.25, 0.3) is 6.08 Å². The van der Waals surface area contributed by atoms with E-state index in [9.17, 15) is 19.5 Å². The van der Waals surface area contributed by atoms with E-state index >= 15 is 0 Å². The minimum atomic E-state index is -1.38. The lowest BCUT2D eigenvalue weighted by Gasteiger charge is -2.15. The molecule has 1 aliphatic rings. The molecule has 2 amide bonds. The molecule has 1 aliphatic heterocycles. The summed E-state index contributed by atoms with van der Waals surface area (Å²) in [6.07, 6.45) is 3.05. The lowest BCUT2D eigenvalue weighted by molar-refractivity contribution is -0.254. The lowest BCUT2D eigenvalue weighted by atomic mass is 10.2. The smallest absolute Gasteiger partial charge is 0.266 e. The van der Waals surface area contributed by atoms with Crippen molar-refractivity contribution in [1.29, 1.82) is 0 Å². The number of hydrogen-bond acceptors (Lipinski definition) is 7. The van der Waals surface area contributed by atoms with Crippen LogP contribution in [-0.2, 0) is 9.59 Å². The normalized spacial score (nSPS) is 15.4. The van der Waals surface area contributed by atoms with Gasteiger partial charge in [-0.05, 0) is 18.2 Å². The number of anilines is 1. The number of carbonyl (C=O) groups excluding carboxylic acids is 3. The molecular formula is C18H13N2O5S2-. The summed E-state index contributed by atoms with van der Waals surface area (Å²) in [5.41, 5.74) is 0.0310. The van der Waals surface area contributed by atoms with Gasteiger partial charge in [-0.3, -0.25) is 14.5 Å². The zero-order chi connectivity index (χ0) is 19.4. The number of nitrogens with zero attached hydrogens (tertiary/aromatic N) is 1. The summed E-state index contributed by atoms with van der Waals surface area (Å²) >= 11 is 6.34. The molecular weight excluding hydrogens is 388 g/mol. The monoisotopic (exact) mass is 401 g/mol. The largest absolute Gasteiger partial charge is 0.545 e. The van der Waals surface area contributed by atoms with Crippen LogP contribution in [0.1, 0.15) is 22.5 Å². The Labute approximate surface area is 164 Å². The summed E-state index contributed by atoms with van der Waals surface area (Å²) in [5, 5.41) is 13.6. The maximum atomic E-state index is 12.4. The molecule has 0 spiro atoms. The number of carbonyl (C=O) groups is 3. The highest BCUT2D eigenvalue weighted by Gasteiger charge is 2.32. The average molecular weight is 401 g/mol. The van der Waals surface area contributed by atoms with E-state index < -0.39 is 11.9 Å². The summed E-state index contributed by atoms with van der Waals surface area (Å²) in [6.45, 7) is 0.0828. The van der Waals surface area contributed by atoms with Crippen LogP contribution >= 0.6 is 24.0 Å². The fourth-order valence-electron chi connectivity index (χ4n) is 2.39. The predicted molar refractivity (Wildman–Crippen MR) is 103 cm³/mol. The Kier molecular flexibility index (Phi) is 5.72. The fourth-order valence-corrected chi connectivity index (χ4v) is 3.68. The molecule has 138 valence electrons. The van der Waals surface area contributed by atoms with Gasteiger partial charge in [0.2, 0.25) is 5.91 Å². The molecule has 1 aromatic carbocycles. The summed E-state index contributed by atoms with van der Waals surface area (Å²) in [5.74, 6) is -1.59. The van der Waals surface area contributed by atoms with Gasteiger partial charge in [-0.2, -0.15) is 0 Å². The summed E-state index contributed by atoms with van der Waals surface area (Å²) in [7, 11) is 0. The van der Waals surface area contributed by atoms with Gasteiger partial charge in [0.15, 0.2) is 0 Å². The molecule has 0 atom stereocenters. The third-order valence-corrected chi connectivity index (χ3v) is 5.05. The van der Waals surface area contributed by atoms with Crippen LogP contribution in [0.15, 0.2) is 52.0 Å². The molecule has 1 saturated heterocycles. The molecule has 0 saturated carbocycles. The van der Waals surface area contributed by atoms with E-state index in [0.29, 0.717) is 15.0 Å². The molecule has 3 rings (SSSR count). The molecule has 27 heavy (non-hydrogen) atoms. The Hall–Kier alpha value is -2.91. The van der Waals surface area contributed by atoms with Gasteiger partial charge in [0, 0.05) is 30.3 Å². The number of furan rings is 1. The van der Waals surface area contributed by atoms with Crippen LogP contribution in [0.2, 0.25) is 0 Å². The number of nitrogens with one attached hydrogen (secondary N) is 1. The van der Waals surface area contributed by atoms with Crippen molar-refractivity contribution in [1.82, 2.24) is 4.90 Å². The van der Waals surface area contributed by atoms with E-state index in [-0.39, 0.29) is 30.1 Å². The molecule has 0 unspecified atom stereocenters. The number of thiocarbonyl (C=S) groups is 1. The van der Waals surface area contributed by atoms with Gasteiger partial charge >= 0.3 is 0 Å². The first-order chi connectivity index (χ1) is 13.0. The Balaban J connectivity index is 1.61. The second-order valence-corrected chi connectivity index (χ2v) is 7.16. The van der Waals surface area contributed by atoms with Crippen molar-refractivity contribution in [3.8, 4) is 0 Å². The van der Waals surface area contributed by atoms with Crippen molar-refractivity contribution in [2.45, 2.75) is 6.42 Å². The Morgan fingerprint density at radius 2 is 2.04 bits per heavy atom. The van der Waals surface area contributed by atoms with E-state index in [4.69, 9.17) is 16.6 Å². The van der Waals surface area contributed by atoms with E-state index in [1.165, 1.54) is 29.4 Å². The van der Waals surface area contributed by atoms with Gasteiger partial charge in [-0.1, -0.05) is 42.2 Å². The second-order valence-electron chi connectivity index (χ2n) is 5.48. The average Bonchev–Trinajstić information content (AvgIpc) is 3.23. The van der Waals surface area contributed by atoms with E-state index in [1.807, 2.05) is 0 Å². The van der Waals surface area contributed by atoms with Crippen molar-refractivity contribution >= 4 is 57.8 Å². The van der Waals surface area contributed by atoms with Gasteiger partial charge in [0.05, 0.1) is 17.1 Å². The standard InChI is InChI=1S/C18H14N2O5S2/c21-15(19-13-6-2-1-5-12(13)17(23)24)7-8-20-16(22)14(27-18(20)26)10-11-4-3-9-25-11/h1-6,9-10H,7-8H2,(H,19,21)(H,23,24)/p-1/b14-10-. The SMILES string of the molecule is O=C(CCN1C(=O)/C(=C/c2ccco2)SC1=S)Nc1ccccc1C(=O)[O-]. The third-order valence-electron chi connectivity index (χ3n) is 3.67. The lowest BCUT2D eigenvalue weighted by Crippen LogP contribution is -2.32. The molecule has 0 radical (unpaired) electrons. The molecule has 1 N–H and O–H groups in total. The first-order valence-electron chi connectivity index (χ1n) is 7.85. The minimum Gasteiger partial charge on any atom is -0.545 e. The number of carboxylic acids is 1. The minimum absolute atomic E-state index is 0.0398. The van der Waals surface area contributed by atoms with Crippen molar-refractivity contribution in [2.24, 2.45) is 0 Å². The molecule has 1 aromatic heterocycles. The van der Waals surface area contributed by atoms with Crippen LogP contribution < -0.4 is 10.4 Å². The van der Waals surface area contributed by atoms with Crippen molar-refractivity contribution < 1.29 is 23.9 Å². The number of carboxylic acid groups (broad SMARTS) is 1. The first kappa shape index (κ1) is 18.9. The van der Waals surface area contributed by atoms with Crippen LogP contribution in [0.3, 0.4) is 0 Å². The van der Waals surface area contributed by atoms with Crippen molar-refractivity contribution in [2.75, 3.05) is 11.9 Å². The highest BCUT2D eigenvalue weighted by atomic mass is 32.2. The molecule has 2 heterocycles. The first-order valence-corrected chi connectivity index (χ1v) is 9.07. The van der Waals surface area contributed by atoms with Crippen LogP contribution in [0.5, 0.6) is 0 Å². The molecule has 0 bridgehead atoms. The number of rotatable bonds is 6. The van der Waals surface area contributed by atoms with Crippen molar-refractivity contribution in [3.63, 3.8) is 0 Å². The zero-order valence-electron chi connectivity index (χ0n) is 13.8. The second kappa shape index (κ2) is 8.19. The highest BCUT2D eigenvalue weighted by Crippen LogP contribution is 2.32. The molecule has 9 heteroatoms. The van der Waals surface area contributed by atoms with Gasteiger partial charge in [0.1, 0.15) is 10.1 Å².